The highest BCUT2D eigenvalue weighted by Gasteiger charge is 2.50. The third-order valence-electron chi connectivity index (χ3n) is 8.43. The van der Waals surface area contributed by atoms with E-state index in [4.69, 9.17) is 30.8 Å². The molecule has 0 bridgehead atoms. The third kappa shape index (κ3) is 5.69. The summed E-state index contributed by atoms with van der Waals surface area (Å²) in [6, 6.07) is 3.44. The number of carboxylic acid groups (broad SMARTS) is 1. The summed E-state index contributed by atoms with van der Waals surface area (Å²) in [5.41, 5.74) is 7.46. The van der Waals surface area contributed by atoms with Gasteiger partial charge in [-0.2, -0.15) is 0 Å². The first-order chi connectivity index (χ1) is 21.1. The van der Waals surface area contributed by atoms with Crippen LogP contribution < -0.4 is 11.5 Å². The molecule has 3 aliphatic rings. The Bertz CT molecular complexity index is 1590. The van der Waals surface area contributed by atoms with E-state index in [1.54, 1.807) is 6.92 Å². The van der Waals surface area contributed by atoms with E-state index in [-0.39, 0.29) is 28.7 Å². The topological polar surface area (TPSA) is 266 Å². The predicted molar refractivity (Wildman–Crippen MR) is 149 cm³/mol. The monoisotopic (exact) mass is 628 g/mol. The van der Waals surface area contributed by atoms with Gasteiger partial charge in [-0.25, -0.2) is 0 Å². The fourth-order valence-corrected chi connectivity index (χ4v) is 5.97. The molecule has 0 spiro atoms. The molecule has 2 aliphatic carbocycles. The fourth-order valence-electron chi connectivity index (χ4n) is 5.97. The lowest BCUT2D eigenvalue weighted by molar-refractivity contribution is -0.247. The lowest BCUT2D eigenvalue weighted by atomic mass is 9.72. The Morgan fingerprint density at radius 2 is 1.69 bits per heavy atom. The molecule has 0 aromatic heterocycles. The van der Waals surface area contributed by atoms with Crippen LogP contribution in [0, 0.1) is 0 Å². The number of carboxylic acids is 1. The summed E-state index contributed by atoms with van der Waals surface area (Å²) in [6.45, 7) is 0.529. The SMILES string of the molecule is C[C@@H]1O[C@@H](O[C@H]2C[C@](O)(C(=O)COC(=O)CC(N)C(=O)O)Cc3c(O)c4c(c(O)c32)C(=O)c2ccccc2C4=O)C[C@H](N)C1O. The minimum absolute atomic E-state index is 0.00144. The molecule has 0 saturated carbocycles. The molecule has 1 saturated heterocycles. The second kappa shape index (κ2) is 11.9. The van der Waals surface area contributed by atoms with Crippen molar-refractivity contribution in [3.63, 3.8) is 0 Å². The van der Waals surface area contributed by atoms with Crippen molar-refractivity contribution >= 4 is 29.3 Å². The van der Waals surface area contributed by atoms with E-state index in [0.717, 1.165) is 0 Å². The lowest BCUT2D eigenvalue weighted by Gasteiger charge is -2.42. The van der Waals surface area contributed by atoms with Gasteiger partial charge in [0.05, 0.1) is 35.9 Å². The Balaban J connectivity index is 1.55. The third-order valence-corrected chi connectivity index (χ3v) is 8.43. The minimum Gasteiger partial charge on any atom is -0.507 e. The number of phenolic OH excluding ortho intramolecular Hbond substituents is 2. The summed E-state index contributed by atoms with van der Waals surface area (Å²) in [5.74, 6) is -6.66. The van der Waals surface area contributed by atoms with Crippen molar-refractivity contribution in [2.24, 2.45) is 11.5 Å². The molecule has 5 rings (SSSR count). The predicted octanol–water partition coefficient (Wildman–Crippen LogP) is -0.654. The van der Waals surface area contributed by atoms with Crippen LogP contribution >= 0.6 is 0 Å². The lowest BCUT2D eigenvalue weighted by Crippen LogP contribution is -2.53. The summed E-state index contributed by atoms with van der Waals surface area (Å²) in [4.78, 5) is 63.3. The van der Waals surface area contributed by atoms with E-state index in [1.165, 1.54) is 24.3 Å². The van der Waals surface area contributed by atoms with Crippen LogP contribution in [-0.4, -0.2) is 97.6 Å². The zero-order chi connectivity index (χ0) is 33.0. The Hall–Kier alpha value is -4.25. The molecule has 45 heavy (non-hydrogen) atoms. The second-order valence-electron chi connectivity index (χ2n) is 11.5. The highest BCUT2D eigenvalue weighted by molar-refractivity contribution is 6.30. The normalized spacial score (nSPS) is 28.0. The Morgan fingerprint density at radius 1 is 1.09 bits per heavy atom. The summed E-state index contributed by atoms with van der Waals surface area (Å²) in [6.07, 6.45) is -6.50. The average Bonchev–Trinajstić information content (AvgIpc) is 2.98. The molecule has 2 aromatic rings. The van der Waals surface area contributed by atoms with Gasteiger partial charge in [0.25, 0.3) is 0 Å². The highest BCUT2D eigenvalue weighted by Crippen LogP contribution is 2.52. The molecule has 1 aliphatic heterocycles. The van der Waals surface area contributed by atoms with Crippen LogP contribution in [0.25, 0.3) is 0 Å². The zero-order valence-electron chi connectivity index (χ0n) is 24.0. The van der Waals surface area contributed by atoms with Gasteiger partial charge in [-0.05, 0) is 6.92 Å². The largest absolute Gasteiger partial charge is 0.507 e. The van der Waals surface area contributed by atoms with Crippen LogP contribution in [0.5, 0.6) is 11.5 Å². The molecule has 0 radical (unpaired) electrons. The van der Waals surface area contributed by atoms with Crippen LogP contribution in [0.2, 0.25) is 0 Å². The van der Waals surface area contributed by atoms with Gasteiger partial charge in [0.2, 0.25) is 5.78 Å². The Labute approximate surface area is 255 Å². The van der Waals surface area contributed by atoms with Crippen molar-refractivity contribution in [3.05, 3.63) is 57.6 Å². The number of aromatic hydroxyl groups is 2. The molecule has 0 amide bonds. The van der Waals surface area contributed by atoms with E-state index in [1.807, 2.05) is 0 Å². The number of fused-ring (bicyclic) bond motifs is 3. The number of rotatable bonds is 8. The molecule has 2 unspecified atom stereocenters. The summed E-state index contributed by atoms with van der Waals surface area (Å²) < 4.78 is 16.6. The van der Waals surface area contributed by atoms with Crippen LogP contribution in [-0.2, 0) is 35.0 Å². The van der Waals surface area contributed by atoms with E-state index in [0.29, 0.717) is 0 Å². The van der Waals surface area contributed by atoms with Gasteiger partial charge in [-0.1, -0.05) is 24.3 Å². The van der Waals surface area contributed by atoms with Crippen molar-refractivity contribution in [2.45, 2.75) is 74.9 Å². The number of ether oxygens (including phenoxy) is 3. The number of aliphatic hydroxyl groups is 2. The smallest absolute Gasteiger partial charge is 0.321 e. The van der Waals surface area contributed by atoms with E-state index < -0.39 is 120 Å². The number of carbonyl (C=O) groups excluding carboxylic acids is 4. The highest BCUT2D eigenvalue weighted by atomic mass is 16.7. The molecule has 2 aromatic carbocycles. The van der Waals surface area contributed by atoms with Gasteiger partial charge in [0.15, 0.2) is 24.5 Å². The molecule has 240 valence electrons. The number of hydrogen-bond acceptors (Lipinski definition) is 14. The number of benzene rings is 2. The molecular weight excluding hydrogens is 596 g/mol. The first kappa shape index (κ1) is 32.2. The number of aliphatic carboxylic acids is 1. The number of nitrogens with two attached hydrogens (primary N) is 2. The molecule has 7 atom stereocenters. The standard InChI is InChI=1S/C30H32N2O13/c1-11-24(35)15(31)7-20(44-11)45-17-9-30(42,18(33)10-43-19(34)6-16(32)29(40)41)8-14-21(17)28(39)23-22(27(14)38)25(36)12-4-2-3-5-13(12)26(23)37/h2-5,11,15-17,20,24,35,38-39,42H,6-10,31-32H2,1H3,(H,40,41)/t11-,15-,16?,17-,20-,24?,30-/m0/s1. The molecular formula is C30H32N2O13. The Morgan fingerprint density at radius 3 is 2.27 bits per heavy atom. The van der Waals surface area contributed by atoms with Gasteiger partial charge in [-0.15, -0.1) is 0 Å². The van der Waals surface area contributed by atoms with E-state index >= 15 is 0 Å². The van der Waals surface area contributed by atoms with Crippen LogP contribution in [0.1, 0.15) is 75.3 Å². The molecule has 1 heterocycles. The Kier molecular flexibility index (Phi) is 8.52. The number of aliphatic hydroxyl groups excluding tert-OH is 1. The van der Waals surface area contributed by atoms with Crippen molar-refractivity contribution < 1.29 is 63.7 Å². The molecule has 15 heteroatoms. The second-order valence-corrected chi connectivity index (χ2v) is 11.5. The average molecular weight is 629 g/mol. The van der Waals surface area contributed by atoms with E-state index in [2.05, 4.69) is 0 Å². The van der Waals surface area contributed by atoms with Crippen molar-refractivity contribution in [2.75, 3.05) is 6.61 Å². The molecule has 9 N–H and O–H groups in total. The van der Waals surface area contributed by atoms with Gasteiger partial charge in [0, 0.05) is 47.6 Å². The van der Waals surface area contributed by atoms with Crippen LogP contribution in [0.3, 0.4) is 0 Å². The zero-order valence-corrected chi connectivity index (χ0v) is 24.0. The number of carbonyl (C=O) groups is 5. The maximum Gasteiger partial charge on any atom is 0.321 e. The first-order valence-corrected chi connectivity index (χ1v) is 14.1. The number of phenols is 2. The van der Waals surface area contributed by atoms with Gasteiger partial charge < -0.3 is 51.2 Å². The molecule has 15 nitrogen and oxygen atoms in total. The van der Waals surface area contributed by atoms with Crippen molar-refractivity contribution in [1.29, 1.82) is 0 Å². The summed E-state index contributed by atoms with van der Waals surface area (Å²) >= 11 is 0. The number of ketones is 3. The summed E-state index contributed by atoms with van der Waals surface area (Å²) in [5, 5.41) is 53.7. The van der Waals surface area contributed by atoms with Gasteiger partial charge in [0.1, 0.15) is 23.1 Å². The van der Waals surface area contributed by atoms with Crippen molar-refractivity contribution in [3.8, 4) is 11.5 Å². The van der Waals surface area contributed by atoms with Crippen LogP contribution in [0.15, 0.2) is 24.3 Å². The maximum absolute atomic E-state index is 13.5. The van der Waals surface area contributed by atoms with E-state index in [9.17, 15) is 44.4 Å². The van der Waals surface area contributed by atoms with Gasteiger partial charge >= 0.3 is 11.9 Å². The number of esters is 1. The number of hydrogen-bond donors (Lipinski definition) is 7. The van der Waals surface area contributed by atoms with Crippen molar-refractivity contribution in [1.82, 2.24) is 0 Å². The maximum atomic E-state index is 13.5. The quantitative estimate of drug-likeness (QED) is 0.121. The molecule has 1 fully saturated rings. The van der Waals surface area contributed by atoms with Crippen LogP contribution in [0.4, 0.5) is 0 Å². The fraction of sp³-hybridized carbons (Fsp3) is 0.433. The number of Topliss-reactive ketones (excluding diaryl/α,β-unsaturated/α-hetero) is 1. The minimum atomic E-state index is -2.42. The first-order valence-electron chi connectivity index (χ1n) is 14.1. The summed E-state index contributed by atoms with van der Waals surface area (Å²) in [7, 11) is 0. The van der Waals surface area contributed by atoms with Gasteiger partial charge in [-0.3, -0.25) is 24.0 Å².